The van der Waals surface area contributed by atoms with Crippen LogP contribution < -0.4 is 5.43 Å². The molecular formula is C16H11Br2N5O. The van der Waals surface area contributed by atoms with Gasteiger partial charge in [0.05, 0.1) is 22.6 Å². The van der Waals surface area contributed by atoms with Crippen molar-refractivity contribution < 1.29 is 5.11 Å². The van der Waals surface area contributed by atoms with Crippen molar-refractivity contribution in [1.82, 2.24) is 15.2 Å². The lowest BCUT2D eigenvalue weighted by Gasteiger charge is -2.04. The van der Waals surface area contributed by atoms with Gasteiger partial charge in [0.25, 0.3) is 5.95 Å². The van der Waals surface area contributed by atoms with Gasteiger partial charge in [-0.25, -0.2) is 10.4 Å². The first-order valence-corrected chi connectivity index (χ1v) is 8.44. The van der Waals surface area contributed by atoms with Crippen LogP contribution in [0.4, 0.5) is 5.95 Å². The van der Waals surface area contributed by atoms with Crippen LogP contribution in [0.15, 0.2) is 62.7 Å². The van der Waals surface area contributed by atoms with Gasteiger partial charge in [0.1, 0.15) is 5.75 Å². The van der Waals surface area contributed by atoms with E-state index in [0.717, 1.165) is 10.0 Å². The van der Waals surface area contributed by atoms with E-state index in [9.17, 15) is 5.11 Å². The molecule has 3 rings (SSSR count). The maximum atomic E-state index is 9.98. The van der Waals surface area contributed by atoms with Gasteiger partial charge >= 0.3 is 0 Å². The number of anilines is 1. The number of phenols is 1. The minimum atomic E-state index is 0.0980. The van der Waals surface area contributed by atoms with Crippen LogP contribution in [0.1, 0.15) is 5.56 Å². The number of nitrogens with one attached hydrogen (secondary N) is 1. The number of phenolic OH excluding ortho intramolecular Hbond substituents is 1. The van der Waals surface area contributed by atoms with Gasteiger partial charge in [0.15, 0.2) is 0 Å². The second-order valence-electron chi connectivity index (χ2n) is 4.73. The van der Waals surface area contributed by atoms with Gasteiger partial charge in [0.2, 0.25) is 0 Å². The molecule has 24 heavy (non-hydrogen) atoms. The third-order valence-electron chi connectivity index (χ3n) is 3.05. The average Bonchev–Trinajstić information content (AvgIpc) is 2.60. The fourth-order valence-electron chi connectivity index (χ4n) is 1.94. The lowest BCUT2D eigenvalue weighted by molar-refractivity contribution is 0.471. The number of halogens is 2. The molecule has 0 saturated heterocycles. The van der Waals surface area contributed by atoms with Crippen molar-refractivity contribution in [2.24, 2.45) is 5.10 Å². The summed E-state index contributed by atoms with van der Waals surface area (Å²) in [5.74, 6) is 0.363. The van der Waals surface area contributed by atoms with Crippen LogP contribution in [0.2, 0.25) is 0 Å². The summed E-state index contributed by atoms with van der Waals surface area (Å²) >= 11 is 6.63. The molecular weight excluding hydrogens is 438 g/mol. The SMILES string of the molecule is Oc1c(Br)cc(Br)cc1C=NNc1nncc(-c2ccccc2)n1. The summed E-state index contributed by atoms with van der Waals surface area (Å²) in [6, 6.07) is 13.2. The Hall–Kier alpha value is -2.32. The molecule has 8 heteroatoms. The van der Waals surface area contributed by atoms with Crippen LogP contribution in [-0.2, 0) is 0 Å². The van der Waals surface area contributed by atoms with Gasteiger partial charge in [-0.2, -0.15) is 10.2 Å². The topological polar surface area (TPSA) is 83.3 Å². The molecule has 6 nitrogen and oxygen atoms in total. The molecule has 1 aromatic heterocycles. The number of aromatic hydroxyl groups is 1. The second kappa shape index (κ2) is 7.50. The number of aromatic nitrogens is 3. The fraction of sp³-hybridized carbons (Fsp3) is 0. The molecule has 0 aliphatic heterocycles. The molecule has 0 aliphatic rings. The Labute approximate surface area is 154 Å². The van der Waals surface area contributed by atoms with Crippen molar-refractivity contribution in [2.75, 3.05) is 5.43 Å². The molecule has 0 unspecified atom stereocenters. The zero-order valence-corrected chi connectivity index (χ0v) is 15.4. The number of nitrogens with zero attached hydrogens (tertiary/aromatic N) is 4. The molecule has 2 N–H and O–H groups in total. The van der Waals surface area contributed by atoms with Crippen LogP contribution in [-0.4, -0.2) is 26.5 Å². The quantitative estimate of drug-likeness (QED) is 0.461. The molecule has 0 bridgehead atoms. The second-order valence-corrected chi connectivity index (χ2v) is 6.50. The van der Waals surface area contributed by atoms with E-state index in [4.69, 9.17) is 0 Å². The van der Waals surface area contributed by atoms with E-state index in [2.05, 4.69) is 57.6 Å². The van der Waals surface area contributed by atoms with Gasteiger partial charge in [-0.3, -0.25) is 0 Å². The van der Waals surface area contributed by atoms with Crippen LogP contribution in [0, 0.1) is 0 Å². The summed E-state index contributed by atoms with van der Waals surface area (Å²) in [6.07, 6.45) is 3.06. The molecule has 0 aliphatic carbocycles. The Balaban J connectivity index is 1.78. The highest BCUT2D eigenvalue weighted by molar-refractivity contribution is 9.11. The van der Waals surface area contributed by atoms with E-state index >= 15 is 0 Å². The molecule has 2 aromatic carbocycles. The summed E-state index contributed by atoms with van der Waals surface area (Å²) in [6.45, 7) is 0. The summed E-state index contributed by atoms with van der Waals surface area (Å²) in [4.78, 5) is 4.35. The minimum Gasteiger partial charge on any atom is -0.506 e. The summed E-state index contributed by atoms with van der Waals surface area (Å²) < 4.78 is 1.39. The maximum Gasteiger partial charge on any atom is 0.263 e. The highest BCUT2D eigenvalue weighted by Crippen LogP contribution is 2.30. The van der Waals surface area contributed by atoms with Crippen LogP contribution in [0.3, 0.4) is 0 Å². The van der Waals surface area contributed by atoms with E-state index < -0.39 is 0 Å². The van der Waals surface area contributed by atoms with Crippen molar-refractivity contribution in [3.05, 3.63) is 63.2 Å². The summed E-state index contributed by atoms with van der Waals surface area (Å²) in [5.41, 5.74) is 4.88. The first-order valence-electron chi connectivity index (χ1n) is 6.86. The smallest absolute Gasteiger partial charge is 0.263 e. The molecule has 0 saturated carbocycles. The van der Waals surface area contributed by atoms with Gasteiger partial charge in [-0.1, -0.05) is 46.3 Å². The van der Waals surface area contributed by atoms with Gasteiger partial charge in [0, 0.05) is 15.6 Å². The Kier molecular flexibility index (Phi) is 5.17. The van der Waals surface area contributed by atoms with Crippen molar-refractivity contribution in [1.29, 1.82) is 0 Å². The number of benzene rings is 2. The van der Waals surface area contributed by atoms with E-state index in [-0.39, 0.29) is 11.7 Å². The number of hydrazone groups is 1. The normalized spacial score (nSPS) is 10.9. The highest BCUT2D eigenvalue weighted by atomic mass is 79.9. The van der Waals surface area contributed by atoms with Crippen LogP contribution in [0.5, 0.6) is 5.75 Å². The average molecular weight is 449 g/mol. The number of hydrogen-bond donors (Lipinski definition) is 2. The monoisotopic (exact) mass is 447 g/mol. The summed E-state index contributed by atoms with van der Waals surface area (Å²) in [7, 11) is 0. The molecule has 0 fully saturated rings. The molecule has 3 aromatic rings. The van der Waals surface area contributed by atoms with Crippen molar-refractivity contribution in [2.45, 2.75) is 0 Å². The lowest BCUT2D eigenvalue weighted by Crippen LogP contribution is -2.00. The molecule has 120 valence electrons. The highest BCUT2D eigenvalue weighted by Gasteiger charge is 2.06. The third-order valence-corrected chi connectivity index (χ3v) is 4.12. The van der Waals surface area contributed by atoms with Gasteiger partial charge in [-0.05, 0) is 28.1 Å². The van der Waals surface area contributed by atoms with E-state index in [1.54, 1.807) is 18.3 Å². The first kappa shape index (κ1) is 16.5. The predicted octanol–water partition coefficient (Wildman–Crippen LogP) is 4.22. The minimum absolute atomic E-state index is 0.0980. The first-order chi connectivity index (χ1) is 11.6. The van der Waals surface area contributed by atoms with Crippen molar-refractivity contribution >= 4 is 44.0 Å². The van der Waals surface area contributed by atoms with Crippen molar-refractivity contribution in [3.63, 3.8) is 0 Å². The molecule has 0 radical (unpaired) electrons. The Bertz CT molecular complexity index is 887. The Morgan fingerprint density at radius 3 is 2.71 bits per heavy atom. The molecule has 0 spiro atoms. The molecule has 0 atom stereocenters. The van der Waals surface area contributed by atoms with E-state index in [1.165, 1.54) is 6.21 Å². The maximum absolute atomic E-state index is 9.98. The largest absolute Gasteiger partial charge is 0.506 e. The predicted molar refractivity (Wildman–Crippen MR) is 100.0 cm³/mol. The van der Waals surface area contributed by atoms with Gasteiger partial charge < -0.3 is 5.11 Å². The number of rotatable bonds is 4. The van der Waals surface area contributed by atoms with Crippen LogP contribution >= 0.6 is 31.9 Å². The summed E-state index contributed by atoms with van der Waals surface area (Å²) in [5, 5.41) is 21.8. The van der Waals surface area contributed by atoms with Crippen LogP contribution in [0.25, 0.3) is 11.3 Å². The van der Waals surface area contributed by atoms with Gasteiger partial charge in [-0.15, -0.1) is 5.10 Å². The zero-order valence-electron chi connectivity index (χ0n) is 12.2. The van der Waals surface area contributed by atoms with E-state index in [0.29, 0.717) is 15.7 Å². The Morgan fingerprint density at radius 2 is 1.92 bits per heavy atom. The number of hydrogen-bond acceptors (Lipinski definition) is 6. The zero-order chi connectivity index (χ0) is 16.9. The Morgan fingerprint density at radius 1 is 1.12 bits per heavy atom. The van der Waals surface area contributed by atoms with Crippen molar-refractivity contribution in [3.8, 4) is 17.0 Å². The van der Waals surface area contributed by atoms with E-state index in [1.807, 2.05) is 30.3 Å². The fourth-order valence-corrected chi connectivity index (χ4v) is 3.20. The third kappa shape index (κ3) is 3.95. The standard InChI is InChI=1S/C16H11Br2N5O/c17-12-6-11(15(24)13(18)7-12)8-19-22-16-21-14(9-20-23-16)10-4-2-1-3-5-10/h1-9,24H,(H,21,22,23). The molecule has 1 heterocycles. The lowest BCUT2D eigenvalue weighted by atomic mass is 10.2. The molecule has 0 amide bonds.